The zero-order valence-corrected chi connectivity index (χ0v) is 11.3. The highest BCUT2D eigenvalue weighted by Gasteiger charge is 2.24. The van der Waals surface area contributed by atoms with Crippen molar-refractivity contribution in [3.05, 3.63) is 35.1 Å². The molecular formula is C14H17F3N2O. The summed E-state index contributed by atoms with van der Waals surface area (Å²) in [6.07, 6.45) is 1.52. The van der Waals surface area contributed by atoms with Crippen LogP contribution in [-0.4, -0.2) is 30.9 Å². The monoisotopic (exact) mass is 286 g/mol. The second-order valence-corrected chi connectivity index (χ2v) is 5.09. The second-order valence-electron chi connectivity index (χ2n) is 5.09. The first-order valence-electron chi connectivity index (χ1n) is 6.58. The van der Waals surface area contributed by atoms with Crippen LogP contribution in [0.2, 0.25) is 0 Å². The van der Waals surface area contributed by atoms with Gasteiger partial charge in [-0.15, -0.1) is 0 Å². The molecule has 0 unspecified atom stereocenters. The third-order valence-corrected chi connectivity index (χ3v) is 3.53. The van der Waals surface area contributed by atoms with Crippen LogP contribution in [0.3, 0.4) is 0 Å². The lowest BCUT2D eigenvalue weighted by Crippen LogP contribution is -2.38. The van der Waals surface area contributed by atoms with Crippen molar-refractivity contribution in [2.24, 2.45) is 5.92 Å². The van der Waals surface area contributed by atoms with Gasteiger partial charge >= 0.3 is 0 Å². The first-order valence-corrected chi connectivity index (χ1v) is 6.58. The molecule has 1 aliphatic rings. The molecule has 1 fully saturated rings. The maximum Gasteiger partial charge on any atom is 0.225 e. The molecule has 0 aliphatic carbocycles. The molecule has 20 heavy (non-hydrogen) atoms. The van der Waals surface area contributed by atoms with Crippen molar-refractivity contribution in [1.82, 2.24) is 10.2 Å². The number of piperidine rings is 1. The molecule has 0 bridgehead atoms. The third-order valence-electron chi connectivity index (χ3n) is 3.53. The standard InChI is InChI=1S/C14H17F3N2O/c1-19(14(20)10-2-4-18-5-3-10)8-9-6-11(15)13(17)12(16)7-9/h6-7,10,18H,2-5,8H2,1H3. The van der Waals surface area contributed by atoms with E-state index in [0.29, 0.717) is 0 Å². The van der Waals surface area contributed by atoms with Crippen molar-refractivity contribution in [2.75, 3.05) is 20.1 Å². The van der Waals surface area contributed by atoms with Gasteiger partial charge in [0.15, 0.2) is 17.5 Å². The SMILES string of the molecule is CN(Cc1cc(F)c(F)c(F)c1)C(=O)C1CCNCC1. The molecular weight excluding hydrogens is 269 g/mol. The quantitative estimate of drug-likeness (QED) is 0.863. The Bertz CT molecular complexity index is 478. The van der Waals surface area contributed by atoms with Gasteiger partial charge in [-0.05, 0) is 43.6 Å². The minimum absolute atomic E-state index is 0.0448. The summed E-state index contributed by atoms with van der Waals surface area (Å²) in [5.41, 5.74) is 0.242. The maximum atomic E-state index is 13.1. The summed E-state index contributed by atoms with van der Waals surface area (Å²) in [6.45, 7) is 1.66. The first kappa shape index (κ1) is 14.8. The molecule has 0 radical (unpaired) electrons. The predicted molar refractivity (Wildman–Crippen MR) is 68.4 cm³/mol. The number of amides is 1. The Kier molecular flexibility index (Phi) is 4.65. The van der Waals surface area contributed by atoms with Gasteiger partial charge in [0.05, 0.1) is 0 Å². The fourth-order valence-corrected chi connectivity index (χ4v) is 2.43. The summed E-state index contributed by atoms with van der Waals surface area (Å²) in [6, 6.07) is 1.84. The van der Waals surface area contributed by atoms with Crippen molar-refractivity contribution in [1.29, 1.82) is 0 Å². The number of hydrogen-bond donors (Lipinski definition) is 1. The summed E-state index contributed by atoms with van der Waals surface area (Å²) in [5, 5.41) is 3.17. The van der Waals surface area contributed by atoms with Gasteiger partial charge in [-0.1, -0.05) is 0 Å². The predicted octanol–water partition coefficient (Wildman–Crippen LogP) is 2.06. The molecule has 1 saturated heterocycles. The molecule has 1 aromatic carbocycles. The Hall–Kier alpha value is -1.56. The van der Waals surface area contributed by atoms with Crippen molar-refractivity contribution in [2.45, 2.75) is 19.4 Å². The number of rotatable bonds is 3. The molecule has 110 valence electrons. The summed E-state index contributed by atoms with van der Waals surface area (Å²) in [7, 11) is 1.59. The highest BCUT2D eigenvalue weighted by atomic mass is 19.2. The lowest BCUT2D eigenvalue weighted by molar-refractivity contribution is -0.135. The number of hydrogen-bond acceptors (Lipinski definition) is 2. The Morgan fingerprint density at radius 2 is 1.80 bits per heavy atom. The minimum Gasteiger partial charge on any atom is -0.341 e. The Morgan fingerprint density at radius 3 is 2.35 bits per heavy atom. The highest BCUT2D eigenvalue weighted by Crippen LogP contribution is 2.18. The van der Waals surface area contributed by atoms with E-state index in [4.69, 9.17) is 0 Å². The smallest absolute Gasteiger partial charge is 0.225 e. The normalized spacial score (nSPS) is 16.2. The molecule has 2 rings (SSSR count). The van der Waals surface area contributed by atoms with E-state index in [2.05, 4.69) is 5.32 Å². The van der Waals surface area contributed by atoms with Gasteiger partial charge in [0.2, 0.25) is 5.91 Å². The van der Waals surface area contributed by atoms with Crippen LogP contribution >= 0.6 is 0 Å². The van der Waals surface area contributed by atoms with Crippen LogP contribution < -0.4 is 5.32 Å². The van der Waals surface area contributed by atoms with E-state index in [-0.39, 0.29) is 23.9 Å². The highest BCUT2D eigenvalue weighted by molar-refractivity contribution is 5.78. The van der Waals surface area contributed by atoms with Gasteiger partial charge in [0, 0.05) is 19.5 Å². The summed E-state index contributed by atoms with van der Waals surface area (Å²) < 4.78 is 39.1. The van der Waals surface area contributed by atoms with E-state index >= 15 is 0 Å². The Morgan fingerprint density at radius 1 is 1.25 bits per heavy atom. The van der Waals surface area contributed by atoms with E-state index in [1.54, 1.807) is 7.05 Å². The van der Waals surface area contributed by atoms with Crippen molar-refractivity contribution in [3.8, 4) is 0 Å². The number of nitrogens with zero attached hydrogens (tertiary/aromatic N) is 1. The van der Waals surface area contributed by atoms with E-state index in [9.17, 15) is 18.0 Å². The molecule has 1 N–H and O–H groups in total. The zero-order valence-electron chi connectivity index (χ0n) is 11.3. The molecule has 1 amide bonds. The Balaban J connectivity index is 2.03. The lowest BCUT2D eigenvalue weighted by Gasteiger charge is -2.27. The number of halogens is 3. The van der Waals surface area contributed by atoms with E-state index < -0.39 is 17.5 Å². The largest absolute Gasteiger partial charge is 0.341 e. The Labute approximate surface area is 115 Å². The number of nitrogens with one attached hydrogen (secondary N) is 1. The van der Waals surface area contributed by atoms with Crippen LogP contribution in [-0.2, 0) is 11.3 Å². The fourth-order valence-electron chi connectivity index (χ4n) is 2.43. The first-order chi connectivity index (χ1) is 9.49. The van der Waals surface area contributed by atoms with Crippen molar-refractivity contribution in [3.63, 3.8) is 0 Å². The van der Waals surface area contributed by atoms with Gasteiger partial charge in [-0.2, -0.15) is 0 Å². The topological polar surface area (TPSA) is 32.3 Å². The van der Waals surface area contributed by atoms with E-state index in [0.717, 1.165) is 38.1 Å². The summed E-state index contributed by atoms with van der Waals surface area (Å²) in [5.74, 6) is -4.06. The molecule has 6 heteroatoms. The maximum absolute atomic E-state index is 13.1. The van der Waals surface area contributed by atoms with Gasteiger partial charge in [0.25, 0.3) is 0 Å². The second kappa shape index (κ2) is 6.26. The van der Waals surface area contributed by atoms with Crippen molar-refractivity contribution < 1.29 is 18.0 Å². The third kappa shape index (κ3) is 3.30. The van der Waals surface area contributed by atoms with Crippen LogP contribution in [0, 0.1) is 23.4 Å². The van der Waals surface area contributed by atoms with Gasteiger partial charge in [0.1, 0.15) is 0 Å². The van der Waals surface area contributed by atoms with Gasteiger partial charge in [-0.25, -0.2) is 13.2 Å². The summed E-state index contributed by atoms with van der Waals surface area (Å²) >= 11 is 0. The van der Waals surface area contributed by atoms with Crippen LogP contribution in [0.4, 0.5) is 13.2 Å². The van der Waals surface area contributed by atoms with Gasteiger partial charge in [-0.3, -0.25) is 4.79 Å². The molecule has 1 aromatic rings. The molecule has 0 spiro atoms. The molecule has 0 aromatic heterocycles. The van der Waals surface area contributed by atoms with Crippen LogP contribution in [0.1, 0.15) is 18.4 Å². The number of carbonyl (C=O) groups is 1. The molecule has 1 aliphatic heterocycles. The zero-order chi connectivity index (χ0) is 14.7. The average Bonchev–Trinajstić information content (AvgIpc) is 2.44. The molecule has 0 saturated carbocycles. The lowest BCUT2D eigenvalue weighted by atomic mass is 9.96. The molecule has 1 heterocycles. The average molecular weight is 286 g/mol. The fraction of sp³-hybridized carbons (Fsp3) is 0.500. The van der Waals surface area contributed by atoms with Crippen LogP contribution in [0.25, 0.3) is 0 Å². The minimum atomic E-state index is -1.49. The van der Waals surface area contributed by atoms with Crippen LogP contribution in [0.15, 0.2) is 12.1 Å². The van der Waals surface area contributed by atoms with E-state index in [1.165, 1.54) is 4.90 Å². The molecule has 3 nitrogen and oxygen atoms in total. The number of carbonyl (C=O) groups excluding carboxylic acids is 1. The summed E-state index contributed by atoms with van der Waals surface area (Å²) in [4.78, 5) is 13.6. The van der Waals surface area contributed by atoms with Crippen molar-refractivity contribution >= 4 is 5.91 Å². The van der Waals surface area contributed by atoms with E-state index in [1.807, 2.05) is 0 Å². The van der Waals surface area contributed by atoms with Gasteiger partial charge < -0.3 is 10.2 Å². The number of benzene rings is 1. The van der Waals surface area contributed by atoms with Crippen LogP contribution in [0.5, 0.6) is 0 Å². The molecule has 0 atom stereocenters.